The highest BCUT2D eigenvalue weighted by atomic mass is 35.5. The van der Waals surface area contributed by atoms with Crippen LogP contribution in [0.25, 0.3) is 0 Å². The van der Waals surface area contributed by atoms with Gasteiger partial charge in [0.2, 0.25) is 5.95 Å². The Hall–Kier alpha value is -0.770. The number of alkyl halides is 3. The highest BCUT2D eigenvalue weighted by molar-refractivity contribution is 6.21. The Balaban J connectivity index is 3.06. The zero-order valence-corrected chi connectivity index (χ0v) is 5.95. The van der Waals surface area contributed by atoms with Gasteiger partial charge in [-0.1, -0.05) is 6.07 Å². The molecule has 0 fully saturated rings. The van der Waals surface area contributed by atoms with E-state index < -0.39 is 17.0 Å². The fourth-order valence-electron chi connectivity index (χ4n) is 0.566. The van der Waals surface area contributed by atoms with E-state index >= 15 is 0 Å². The standard InChI is InChI=1S/C6H3ClF3N/c7-6(9,10)4-2-1-3-5(8)11-4/h1-3H. The van der Waals surface area contributed by atoms with Gasteiger partial charge in [0.1, 0.15) is 5.69 Å². The van der Waals surface area contributed by atoms with E-state index in [-0.39, 0.29) is 0 Å². The molecule has 60 valence electrons. The lowest BCUT2D eigenvalue weighted by molar-refractivity contribution is 0.0889. The second-order valence-corrected chi connectivity index (χ2v) is 2.32. The largest absolute Gasteiger partial charge is 0.364 e. The van der Waals surface area contributed by atoms with Gasteiger partial charge in [-0.25, -0.2) is 4.98 Å². The van der Waals surface area contributed by atoms with Gasteiger partial charge in [0, 0.05) is 0 Å². The lowest BCUT2D eigenvalue weighted by Crippen LogP contribution is -2.06. The van der Waals surface area contributed by atoms with Crippen molar-refractivity contribution in [2.24, 2.45) is 0 Å². The molecule has 1 nitrogen and oxygen atoms in total. The van der Waals surface area contributed by atoms with Gasteiger partial charge in [0.25, 0.3) is 0 Å². The maximum atomic E-state index is 12.2. The SMILES string of the molecule is Fc1cccc(C(F)(F)Cl)n1. The molecule has 1 heterocycles. The van der Waals surface area contributed by atoms with Crippen LogP contribution in [0.5, 0.6) is 0 Å². The van der Waals surface area contributed by atoms with Gasteiger partial charge >= 0.3 is 5.38 Å². The molecule has 5 heteroatoms. The Morgan fingerprint density at radius 1 is 1.36 bits per heavy atom. The Kier molecular flexibility index (Phi) is 2.04. The van der Waals surface area contributed by atoms with Crippen LogP contribution in [-0.2, 0) is 5.38 Å². The van der Waals surface area contributed by atoms with Crippen molar-refractivity contribution >= 4 is 11.6 Å². The highest BCUT2D eigenvalue weighted by Gasteiger charge is 2.29. The Labute approximate surface area is 65.8 Å². The fourth-order valence-corrected chi connectivity index (χ4v) is 0.671. The van der Waals surface area contributed by atoms with Gasteiger partial charge in [0.15, 0.2) is 0 Å². The molecule has 0 N–H and O–H groups in total. The summed E-state index contributed by atoms with van der Waals surface area (Å²) in [4.78, 5) is 2.90. The fraction of sp³-hybridized carbons (Fsp3) is 0.167. The third kappa shape index (κ3) is 2.08. The lowest BCUT2D eigenvalue weighted by atomic mass is 10.3. The van der Waals surface area contributed by atoms with Gasteiger partial charge in [0.05, 0.1) is 0 Å². The third-order valence-electron chi connectivity index (χ3n) is 1.01. The number of nitrogens with zero attached hydrogens (tertiary/aromatic N) is 1. The smallest absolute Gasteiger partial charge is 0.217 e. The van der Waals surface area contributed by atoms with Crippen molar-refractivity contribution in [3.8, 4) is 0 Å². The minimum Gasteiger partial charge on any atom is -0.217 e. The number of hydrogen-bond donors (Lipinski definition) is 0. The molecule has 1 rings (SSSR count). The predicted octanol–water partition coefficient (Wildman–Crippen LogP) is 2.51. The number of pyridine rings is 1. The number of aromatic nitrogens is 1. The van der Waals surface area contributed by atoms with Crippen LogP contribution in [0.2, 0.25) is 0 Å². The van der Waals surface area contributed by atoms with Crippen LogP contribution >= 0.6 is 11.6 Å². The van der Waals surface area contributed by atoms with Crippen molar-refractivity contribution in [2.45, 2.75) is 5.38 Å². The molecule has 1 aromatic heterocycles. The molecule has 0 aliphatic rings. The summed E-state index contributed by atoms with van der Waals surface area (Å²) in [5.74, 6) is -0.970. The summed E-state index contributed by atoms with van der Waals surface area (Å²) in [5.41, 5.74) is -0.779. The highest BCUT2D eigenvalue weighted by Crippen LogP contribution is 2.30. The number of halogens is 4. The molecule has 0 atom stereocenters. The molecule has 1 aromatic rings. The van der Waals surface area contributed by atoms with Crippen molar-refractivity contribution in [3.63, 3.8) is 0 Å². The van der Waals surface area contributed by atoms with Crippen LogP contribution in [-0.4, -0.2) is 4.98 Å². The second-order valence-electron chi connectivity index (χ2n) is 1.84. The average Bonchev–Trinajstić information content (AvgIpc) is 1.86. The molecular weight excluding hydrogens is 179 g/mol. The molecule has 0 amide bonds. The third-order valence-corrected chi connectivity index (χ3v) is 1.20. The maximum Gasteiger partial charge on any atom is 0.364 e. The molecule has 0 unspecified atom stereocenters. The molecule has 0 spiro atoms. The Morgan fingerprint density at radius 2 is 2.00 bits per heavy atom. The van der Waals surface area contributed by atoms with Crippen LogP contribution in [0, 0.1) is 5.95 Å². The van der Waals surface area contributed by atoms with Gasteiger partial charge in [-0.3, -0.25) is 0 Å². The molecule has 0 saturated heterocycles. The van der Waals surface area contributed by atoms with Crippen LogP contribution in [0.4, 0.5) is 13.2 Å². The van der Waals surface area contributed by atoms with Crippen LogP contribution in [0.3, 0.4) is 0 Å². The van der Waals surface area contributed by atoms with E-state index in [0.717, 1.165) is 18.2 Å². The molecule has 0 aliphatic heterocycles. The first-order valence-corrected chi connectivity index (χ1v) is 3.08. The molecule has 0 bridgehead atoms. The Bertz CT molecular complexity index is 258. The van der Waals surface area contributed by atoms with E-state index in [1.807, 2.05) is 0 Å². The van der Waals surface area contributed by atoms with E-state index in [4.69, 9.17) is 0 Å². The number of rotatable bonds is 1. The average molecular weight is 182 g/mol. The van der Waals surface area contributed by atoms with Crippen LogP contribution < -0.4 is 0 Å². The summed E-state index contributed by atoms with van der Waals surface area (Å²) >= 11 is 4.57. The lowest BCUT2D eigenvalue weighted by Gasteiger charge is -2.05. The first kappa shape index (κ1) is 8.33. The minimum absolute atomic E-state index is 0.779. The normalized spacial score (nSPS) is 11.6. The van der Waals surface area contributed by atoms with E-state index in [9.17, 15) is 13.2 Å². The summed E-state index contributed by atoms with van der Waals surface area (Å²) in [7, 11) is 0. The van der Waals surface area contributed by atoms with Crippen molar-refractivity contribution in [3.05, 3.63) is 29.8 Å². The molecule has 11 heavy (non-hydrogen) atoms. The van der Waals surface area contributed by atoms with Crippen molar-refractivity contribution in [1.82, 2.24) is 4.98 Å². The summed E-state index contributed by atoms with van der Waals surface area (Å²) in [6.07, 6.45) is 0. The van der Waals surface area contributed by atoms with E-state index in [2.05, 4.69) is 16.6 Å². The van der Waals surface area contributed by atoms with E-state index in [0.29, 0.717) is 0 Å². The first-order valence-electron chi connectivity index (χ1n) is 2.70. The van der Waals surface area contributed by atoms with Gasteiger partial charge in [-0.2, -0.15) is 13.2 Å². The van der Waals surface area contributed by atoms with Crippen LogP contribution in [0.1, 0.15) is 5.69 Å². The van der Waals surface area contributed by atoms with Gasteiger partial charge < -0.3 is 0 Å². The minimum atomic E-state index is -3.60. The van der Waals surface area contributed by atoms with E-state index in [1.54, 1.807) is 0 Å². The summed E-state index contributed by atoms with van der Waals surface area (Å²) in [6.45, 7) is 0. The summed E-state index contributed by atoms with van der Waals surface area (Å²) in [6, 6.07) is 3.04. The van der Waals surface area contributed by atoms with Crippen LogP contribution in [0.15, 0.2) is 18.2 Å². The summed E-state index contributed by atoms with van der Waals surface area (Å²) < 4.78 is 36.5. The first-order chi connectivity index (χ1) is 5.00. The van der Waals surface area contributed by atoms with E-state index in [1.165, 1.54) is 0 Å². The topological polar surface area (TPSA) is 12.9 Å². The second kappa shape index (κ2) is 2.70. The van der Waals surface area contributed by atoms with Gasteiger partial charge in [-0.15, -0.1) is 0 Å². The summed E-state index contributed by atoms with van der Waals surface area (Å²) in [5, 5.41) is -3.60. The number of hydrogen-bond acceptors (Lipinski definition) is 1. The monoisotopic (exact) mass is 181 g/mol. The zero-order chi connectivity index (χ0) is 8.48. The molecular formula is C6H3ClF3N. The molecule has 0 aromatic carbocycles. The molecule has 0 radical (unpaired) electrons. The predicted molar refractivity (Wildman–Crippen MR) is 33.9 cm³/mol. The molecule has 0 saturated carbocycles. The van der Waals surface area contributed by atoms with Crippen molar-refractivity contribution in [1.29, 1.82) is 0 Å². The maximum absolute atomic E-state index is 12.2. The Morgan fingerprint density at radius 3 is 2.36 bits per heavy atom. The molecule has 0 aliphatic carbocycles. The van der Waals surface area contributed by atoms with Crippen molar-refractivity contribution < 1.29 is 13.2 Å². The zero-order valence-electron chi connectivity index (χ0n) is 5.19. The van der Waals surface area contributed by atoms with Crippen molar-refractivity contribution in [2.75, 3.05) is 0 Å². The van der Waals surface area contributed by atoms with Gasteiger partial charge in [-0.05, 0) is 23.7 Å². The quantitative estimate of drug-likeness (QED) is 0.479.